The Hall–Kier alpha value is -1.19. The van der Waals surface area contributed by atoms with E-state index in [-0.39, 0.29) is 0 Å². The van der Waals surface area contributed by atoms with Gasteiger partial charge in [-0.3, -0.25) is 4.98 Å². The van der Waals surface area contributed by atoms with Gasteiger partial charge in [0.2, 0.25) is 0 Å². The van der Waals surface area contributed by atoms with Gasteiger partial charge < -0.3 is 5.32 Å². The van der Waals surface area contributed by atoms with E-state index in [1.165, 1.54) is 29.7 Å². The SMILES string of the molecule is CCCNC(c1cccnc1)c1cc2c(s1)CCC2. The predicted octanol–water partition coefficient (Wildman–Crippen LogP) is 3.72. The fraction of sp³-hybridized carbons (Fsp3) is 0.438. The van der Waals surface area contributed by atoms with E-state index in [2.05, 4.69) is 29.4 Å². The molecule has 1 unspecified atom stereocenters. The first-order valence-corrected chi connectivity index (χ1v) is 7.95. The van der Waals surface area contributed by atoms with Crippen LogP contribution in [0.1, 0.15) is 46.7 Å². The molecule has 19 heavy (non-hydrogen) atoms. The number of nitrogens with one attached hydrogen (secondary N) is 1. The number of fused-ring (bicyclic) bond motifs is 1. The Morgan fingerprint density at radius 1 is 1.42 bits per heavy atom. The highest BCUT2D eigenvalue weighted by molar-refractivity contribution is 7.12. The minimum atomic E-state index is 0.309. The molecular formula is C16H20N2S. The van der Waals surface area contributed by atoms with Gasteiger partial charge in [-0.2, -0.15) is 0 Å². The second kappa shape index (κ2) is 5.85. The molecule has 0 saturated carbocycles. The average Bonchev–Trinajstić information content (AvgIpc) is 3.02. The summed E-state index contributed by atoms with van der Waals surface area (Å²) >= 11 is 1.99. The van der Waals surface area contributed by atoms with Crippen LogP contribution in [0.4, 0.5) is 0 Å². The highest BCUT2D eigenvalue weighted by Gasteiger charge is 2.21. The van der Waals surface area contributed by atoms with Crippen LogP contribution in [-0.4, -0.2) is 11.5 Å². The first-order chi connectivity index (χ1) is 9.38. The largest absolute Gasteiger partial charge is 0.306 e. The van der Waals surface area contributed by atoms with Gasteiger partial charge in [0.15, 0.2) is 0 Å². The molecule has 0 aliphatic heterocycles. The van der Waals surface area contributed by atoms with Gasteiger partial charge in [-0.1, -0.05) is 13.0 Å². The van der Waals surface area contributed by atoms with Gasteiger partial charge >= 0.3 is 0 Å². The Morgan fingerprint density at radius 2 is 2.37 bits per heavy atom. The van der Waals surface area contributed by atoms with Crippen LogP contribution in [0.5, 0.6) is 0 Å². The summed E-state index contributed by atoms with van der Waals surface area (Å²) in [6.07, 6.45) is 8.85. The Morgan fingerprint density at radius 3 is 3.11 bits per heavy atom. The highest BCUT2D eigenvalue weighted by atomic mass is 32.1. The van der Waals surface area contributed by atoms with E-state index in [0.29, 0.717) is 6.04 Å². The smallest absolute Gasteiger partial charge is 0.0686 e. The molecule has 0 bridgehead atoms. The van der Waals surface area contributed by atoms with Crippen molar-refractivity contribution in [3.63, 3.8) is 0 Å². The van der Waals surface area contributed by atoms with E-state index in [9.17, 15) is 0 Å². The topological polar surface area (TPSA) is 24.9 Å². The lowest BCUT2D eigenvalue weighted by Gasteiger charge is -2.17. The average molecular weight is 272 g/mol. The van der Waals surface area contributed by atoms with E-state index in [1.54, 1.807) is 10.4 Å². The van der Waals surface area contributed by atoms with Crippen molar-refractivity contribution in [3.05, 3.63) is 51.5 Å². The quantitative estimate of drug-likeness (QED) is 0.897. The van der Waals surface area contributed by atoms with E-state index in [4.69, 9.17) is 0 Å². The van der Waals surface area contributed by atoms with Gasteiger partial charge in [0, 0.05) is 22.1 Å². The summed E-state index contributed by atoms with van der Waals surface area (Å²) in [6.45, 7) is 3.25. The number of nitrogens with zero attached hydrogens (tertiary/aromatic N) is 1. The van der Waals surface area contributed by atoms with Crippen molar-refractivity contribution in [1.29, 1.82) is 0 Å². The molecule has 3 heteroatoms. The van der Waals surface area contributed by atoms with Crippen LogP contribution in [0.3, 0.4) is 0 Å². The Labute approximate surface area is 118 Å². The number of rotatable bonds is 5. The number of pyridine rings is 1. The fourth-order valence-corrected chi connectivity index (χ4v) is 4.07. The molecule has 0 fully saturated rings. The van der Waals surface area contributed by atoms with Crippen LogP contribution < -0.4 is 5.32 Å². The minimum absolute atomic E-state index is 0.309. The molecular weight excluding hydrogens is 252 g/mol. The number of aromatic nitrogens is 1. The van der Waals surface area contributed by atoms with Crippen molar-refractivity contribution in [2.75, 3.05) is 6.54 Å². The molecule has 0 saturated heterocycles. The maximum atomic E-state index is 4.27. The summed E-state index contributed by atoms with van der Waals surface area (Å²) in [4.78, 5) is 7.32. The van der Waals surface area contributed by atoms with Gasteiger partial charge in [0.25, 0.3) is 0 Å². The van der Waals surface area contributed by atoms with Crippen LogP contribution in [0.15, 0.2) is 30.6 Å². The van der Waals surface area contributed by atoms with Gasteiger partial charge in [-0.25, -0.2) is 0 Å². The van der Waals surface area contributed by atoms with Gasteiger partial charge in [0.05, 0.1) is 6.04 Å². The molecule has 1 aliphatic carbocycles. The van der Waals surface area contributed by atoms with E-state index in [1.807, 2.05) is 29.8 Å². The van der Waals surface area contributed by atoms with Gasteiger partial charge in [-0.05, 0) is 55.5 Å². The summed E-state index contributed by atoms with van der Waals surface area (Å²) < 4.78 is 0. The first kappa shape index (κ1) is 12.8. The molecule has 100 valence electrons. The Kier molecular flexibility index (Phi) is 3.95. The molecule has 0 aromatic carbocycles. The van der Waals surface area contributed by atoms with Crippen molar-refractivity contribution in [1.82, 2.24) is 10.3 Å². The number of aryl methyl sites for hydroxylation is 2. The van der Waals surface area contributed by atoms with Crippen LogP contribution in [-0.2, 0) is 12.8 Å². The standard InChI is InChI=1S/C16H20N2S/c1-2-8-18-16(13-6-4-9-17-11-13)15-10-12-5-3-7-14(12)19-15/h4,6,9-11,16,18H,2-3,5,7-8H2,1H3. The van der Waals surface area contributed by atoms with Crippen molar-refractivity contribution in [3.8, 4) is 0 Å². The molecule has 2 nitrogen and oxygen atoms in total. The van der Waals surface area contributed by atoms with Gasteiger partial charge in [0.1, 0.15) is 0 Å². The summed E-state index contributed by atoms with van der Waals surface area (Å²) in [6, 6.07) is 6.92. The van der Waals surface area contributed by atoms with E-state index < -0.39 is 0 Å². The molecule has 2 aromatic rings. The lowest BCUT2D eigenvalue weighted by atomic mass is 10.1. The van der Waals surface area contributed by atoms with Crippen LogP contribution in [0.25, 0.3) is 0 Å². The predicted molar refractivity (Wildman–Crippen MR) is 80.7 cm³/mol. The lowest BCUT2D eigenvalue weighted by Crippen LogP contribution is -2.22. The van der Waals surface area contributed by atoms with Crippen molar-refractivity contribution in [2.45, 2.75) is 38.6 Å². The molecule has 1 atom stereocenters. The molecule has 2 heterocycles. The number of hydrogen-bond donors (Lipinski definition) is 1. The normalized spacial score (nSPS) is 15.4. The van der Waals surface area contributed by atoms with Gasteiger partial charge in [-0.15, -0.1) is 11.3 Å². The molecule has 3 rings (SSSR count). The fourth-order valence-electron chi connectivity index (χ4n) is 2.71. The van der Waals surface area contributed by atoms with Crippen LogP contribution in [0, 0.1) is 0 Å². The third kappa shape index (κ3) is 2.72. The van der Waals surface area contributed by atoms with E-state index >= 15 is 0 Å². The zero-order valence-electron chi connectivity index (χ0n) is 11.4. The third-order valence-corrected chi connectivity index (χ3v) is 4.97. The first-order valence-electron chi connectivity index (χ1n) is 7.13. The molecule has 0 amide bonds. The highest BCUT2D eigenvalue weighted by Crippen LogP contribution is 2.35. The van der Waals surface area contributed by atoms with Crippen LogP contribution in [0.2, 0.25) is 0 Å². The second-order valence-corrected chi connectivity index (χ2v) is 6.29. The lowest BCUT2D eigenvalue weighted by molar-refractivity contribution is 0.604. The summed E-state index contributed by atoms with van der Waals surface area (Å²) in [7, 11) is 0. The summed E-state index contributed by atoms with van der Waals surface area (Å²) in [5.41, 5.74) is 2.85. The number of hydrogen-bond acceptors (Lipinski definition) is 3. The van der Waals surface area contributed by atoms with Crippen molar-refractivity contribution < 1.29 is 0 Å². The zero-order valence-corrected chi connectivity index (χ0v) is 12.2. The molecule has 1 N–H and O–H groups in total. The minimum Gasteiger partial charge on any atom is -0.306 e. The molecule has 2 aromatic heterocycles. The van der Waals surface area contributed by atoms with Crippen LogP contribution >= 0.6 is 11.3 Å². The van der Waals surface area contributed by atoms with Crippen molar-refractivity contribution >= 4 is 11.3 Å². The Balaban J connectivity index is 1.89. The zero-order chi connectivity index (χ0) is 13.1. The third-order valence-electron chi connectivity index (χ3n) is 3.67. The second-order valence-electron chi connectivity index (χ2n) is 5.12. The number of thiophene rings is 1. The molecule has 1 aliphatic rings. The van der Waals surface area contributed by atoms with E-state index in [0.717, 1.165) is 13.0 Å². The Bertz CT molecular complexity index is 511. The maximum absolute atomic E-state index is 4.27. The molecule has 0 spiro atoms. The van der Waals surface area contributed by atoms with Crippen molar-refractivity contribution in [2.24, 2.45) is 0 Å². The maximum Gasteiger partial charge on any atom is 0.0686 e. The summed E-state index contributed by atoms with van der Waals surface area (Å²) in [5.74, 6) is 0. The summed E-state index contributed by atoms with van der Waals surface area (Å²) in [5, 5.41) is 3.66. The monoisotopic (exact) mass is 272 g/mol. The molecule has 0 radical (unpaired) electrons.